The maximum Gasteiger partial charge on any atom is 0.416 e. The van der Waals surface area contributed by atoms with Crippen LogP contribution in [-0.2, 0) is 12.4 Å². The Morgan fingerprint density at radius 1 is 0.242 bits per heavy atom. The quantitative estimate of drug-likeness (QED) is 0.0943. The summed E-state index contributed by atoms with van der Waals surface area (Å²) in [6.07, 6.45) is -8.94. The van der Waals surface area contributed by atoms with Crippen LogP contribution < -0.4 is 0 Å². The molecule has 11 aromatic rings. The SMILES string of the molecule is FC(F)(F)c1ccc(-c2ccc3c(-c4cc5ccccc5c5ccccc45)c4cc(-c5ccc(C(F)(F)F)cc5)ccc4c(-c4cc5ccccc5c5ccccc45)c3c2)cc1. The Bertz CT molecular complexity index is 3340. The number of fused-ring (bicyclic) bond motifs is 8. The summed E-state index contributed by atoms with van der Waals surface area (Å²) in [5.41, 5.74) is 5.22. The van der Waals surface area contributed by atoms with Gasteiger partial charge >= 0.3 is 12.4 Å². The largest absolute Gasteiger partial charge is 0.416 e. The lowest BCUT2D eigenvalue weighted by Gasteiger charge is -2.22. The van der Waals surface area contributed by atoms with Crippen LogP contribution in [0.25, 0.3) is 109 Å². The normalized spacial score (nSPS) is 12.4. The number of alkyl halides is 6. The van der Waals surface area contributed by atoms with E-state index in [0.29, 0.717) is 11.1 Å². The van der Waals surface area contributed by atoms with Crippen LogP contribution in [0, 0.1) is 0 Å². The van der Waals surface area contributed by atoms with Gasteiger partial charge in [0.2, 0.25) is 0 Å². The van der Waals surface area contributed by atoms with Gasteiger partial charge in [-0.25, -0.2) is 0 Å². The Hall–Kier alpha value is -7.44. The average molecular weight is 819 g/mol. The first-order chi connectivity index (χ1) is 30.0. The summed E-state index contributed by atoms with van der Waals surface area (Å²) in [6, 6.07) is 60.3. The topological polar surface area (TPSA) is 0 Å². The smallest absolute Gasteiger partial charge is 0.166 e. The van der Waals surface area contributed by atoms with Crippen LogP contribution in [-0.4, -0.2) is 0 Å². The monoisotopic (exact) mass is 818 g/mol. The van der Waals surface area contributed by atoms with Crippen molar-refractivity contribution in [3.05, 3.63) is 205 Å². The molecule has 0 aromatic heterocycles. The third kappa shape index (κ3) is 6.16. The lowest BCUT2D eigenvalue weighted by molar-refractivity contribution is -0.138. The van der Waals surface area contributed by atoms with Crippen LogP contribution in [0.5, 0.6) is 0 Å². The van der Waals surface area contributed by atoms with Crippen molar-refractivity contribution in [2.75, 3.05) is 0 Å². The van der Waals surface area contributed by atoms with Crippen LogP contribution in [0.3, 0.4) is 0 Å². The molecule has 62 heavy (non-hydrogen) atoms. The lowest BCUT2D eigenvalue weighted by atomic mass is 9.81. The molecule has 0 atom stereocenters. The van der Waals surface area contributed by atoms with Crippen LogP contribution in [0.1, 0.15) is 11.1 Å². The molecule has 0 amide bonds. The minimum absolute atomic E-state index is 0.643. The fourth-order valence-electron chi connectivity index (χ4n) is 9.39. The molecule has 11 aromatic carbocycles. The molecule has 11 rings (SSSR count). The van der Waals surface area contributed by atoms with Gasteiger partial charge in [0.05, 0.1) is 11.1 Å². The maximum absolute atomic E-state index is 13.7. The minimum Gasteiger partial charge on any atom is -0.166 e. The molecule has 0 fully saturated rings. The molecule has 6 heteroatoms. The van der Waals surface area contributed by atoms with Crippen molar-refractivity contribution in [1.29, 1.82) is 0 Å². The van der Waals surface area contributed by atoms with Crippen LogP contribution in [0.2, 0.25) is 0 Å². The summed E-state index contributed by atoms with van der Waals surface area (Å²) in [5, 5.41) is 12.2. The zero-order valence-electron chi connectivity index (χ0n) is 32.7. The van der Waals surface area contributed by atoms with Gasteiger partial charge in [0, 0.05) is 0 Å². The second kappa shape index (κ2) is 14.1. The van der Waals surface area contributed by atoms with Gasteiger partial charge in [-0.2, -0.15) is 26.3 Å². The van der Waals surface area contributed by atoms with E-state index in [4.69, 9.17) is 0 Å². The van der Waals surface area contributed by atoms with Crippen molar-refractivity contribution in [3.63, 3.8) is 0 Å². The van der Waals surface area contributed by atoms with Crippen LogP contribution >= 0.6 is 0 Å². The van der Waals surface area contributed by atoms with E-state index in [1.165, 1.54) is 24.3 Å². The molecule has 0 heterocycles. The summed E-state index contributed by atoms with van der Waals surface area (Å²) >= 11 is 0. The lowest BCUT2D eigenvalue weighted by Crippen LogP contribution is -2.04. The van der Waals surface area contributed by atoms with Gasteiger partial charge in [-0.3, -0.25) is 0 Å². The zero-order valence-corrected chi connectivity index (χ0v) is 32.7. The van der Waals surface area contributed by atoms with Crippen molar-refractivity contribution in [2.24, 2.45) is 0 Å². The van der Waals surface area contributed by atoms with Gasteiger partial charge in [-0.1, -0.05) is 146 Å². The Morgan fingerprint density at radius 3 is 0.935 bits per heavy atom. The van der Waals surface area contributed by atoms with E-state index in [9.17, 15) is 26.3 Å². The van der Waals surface area contributed by atoms with Crippen molar-refractivity contribution in [3.8, 4) is 44.5 Å². The van der Waals surface area contributed by atoms with Crippen LogP contribution in [0.4, 0.5) is 26.3 Å². The standard InChI is InChI=1S/C56H32F6/c57-55(58,59)39-23-17-33(18-24-39)35-22-28-48-51(29-35)53(49-31-37-9-1-3-11-41(37)43-13-5-7-15-45(43)49)47-27-21-36(34-19-25-40(26-20-34)56(60,61)62)30-52(47)54(48)50-32-38-10-2-4-12-42(38)44-14-6-8-16-46(44)50/h1-32H. The molecular formula is C56H32F6. The molecule has 0 saturated carbocycles. The Labute approximate surface area is 351 Å². The maximum atomic E-state index is 13.7. The molecular weight excluding hydrogens is 787 g/mol. The predicted molar refractivity (Wildman–Crippen MR) is 243 cm³/mol. The number of benzene rings is 11. The third-order valence-corrected chi connectivity index (χ3v) is 12.3. The van der Waals surface area contributed by atoms with Gasteiger partial charge in [0.1, 0.15) is 0 Å². The number of halogens is 6. The molecule has 0 aliphatic carbocycles. The summed E-state index contributed by atoms with van der Waals surface area (Å²) in [5.74, 6) is 0. The minimum atomic E-state index is -4.47. The number of rotatable bonds is 4. The fraction of sp³-hybridized carbons (Fsp3) is 0.0357. The molecule has 0 bridgehead atoms. The van der Waals surface area contributed by atoms with Crippen molar-refractivity contribution >= 4 is 64.6 Å². The molecule has 0 spiro atoms. The molecule has 0 N–H and O–H groups in total. The molecule has 0 aliphatic rings. The Balaban J connectivity index is 1.31. The highest BCUT2D eigenvalue weighted by Crippen LogP contribution is 2.50. The predicted octanol–water partition coefficient (Wildman–Crippen LogP) is 17.3. The van der Waals surface area contributed by atoms with Crippen molar-refractivity contribution in [1.82, 2.24) is 0 Å². The molecule has 0 radical (unpaired) electrons. The van der Waals surface area contributed by atoms with Crippen molar-refractivity contribution in [2.45, 2.75) is 12.4 Å². The highest BCUT2D eigenvalue weighted by Gasteiger charge is 2.31. The average Bonchev–Trinajstić information content (AvgIpc) is 3.29. The molecule has 0 saturated heterocycles. The summed E-state index contributed by atoms with van der Waals surface area (Å²) in [6.45, 7) is 0. The van der Waals surface area contributed by atoms with E-state index < -0.39 is 23.5 Å². The Kier molecular flexibility index (Phi) is 8.52. The highest BCUT2D eigenvalue weighted by molar-refractivity contribution is 6.29. The number of hydrogen-bond donors (Lipinski definition) is 0. The van der Waals surface area contributed by atoms with Gasteiger partial charge in [-0.15, -0.1) is 0 Å². The highest BCUT2D eigenvalue weighted by atomic mass is 19.4. The first kappa shape index (κ1) is 37.6. The van der Waals surface area contributed by atoms with E-state index in [-0.39, 0.29) is 0 Å². The molecule has 0 aliphatic heterocycles. The van der Waals surface area contributed by atoms with Gasteiger partial charge < -0.3 is 0 Å². The van der Waals surface area contributed by atoms with E-state index >= 15 is 0 Å². The zero-order chi connectivity index (χ0) is 42.3. The van der Waals surface area contributed by atoms with Gasteiger partial charge in [0.15, 0.2) is 0 Å². The first-order valence-electron chi connectivity index (χ1n) is 20.2. The third-order valence-electron chi connectivity index (χ3n) is 12.3. The second-order valence-corrected chi connectivity index (χ2v) is 15.8. The van der Waals surface area contributed by atoms with E-state index in [0.717, 1.165) is 122 Å². The van der Waals surface area contributed by atoms with Crippen molar-refractivity contribution < 1.29 is 26.3 Å². The van der Waals surface area contributed by atoms with Crippen LogP contribution in [0.15, 0.2) is 194 Å². The number of hydrogen-bond acceptors (Lipinski definition) is 0. The summed E-state index contributed by atoms with van der Waals surface area (Å²) in [7, 11) is 0. The van der Waals surface area contributed by atoms with Gasteiger partial charge in [0.25, 0.3) is 0 Å². The van der Waals surface area contributed by atoms with Gasteiger partial charge in [-0.05, 0) is 158 Å². The Morgan fingerprint density at radius 2 is 0.565 bits per heavy atom. The molecule has 0 unspecified atom stereocenters. The van der Waals surface area contributed by atoms with E-state index in [1.54, 1.807) is 0 Å². The fourth-order valence-corrected chi connectivity index (χ4v) is 9.39. The summed E-state index contributed by atoms with van der Waals surface area (Å²) in [4.78, 5) is 0. The van der Waals surface area contributed by atoms with E-state index in [1.807, 2.05) is 60.7 Å². The molecule has 0 nitrogen and oxygen atoms in total. The second-order valence-electron chi connectivity index (χ2n) is 15.8. The summed E-state index contributed by atoms with van der Waals surface area (Å²) < 4.78 is 82.4. The van der Waals surface area contributed by atoms with E-state index in [2.05, 4.69) is 84.9 Å². The molecule has 298 valence electrons. The first-order valence-corrected chi connectivity index (χ1v) is 20.2.